The van der Waals surface area contributed by atoms with Gasteiger partial charge in [-0.3, -0.25) is 34.2 Å². The molecular formula is C42H51N7O7. The van der Waals surface area contributed by atoms with Gasteiger partial charge < -0.3 is 26.2 Å². The number of hydrogen-bond acceptors (Lipinski definition) is 11. The molecule has 4 fully saturated rings. The van der Waals surface area contributed by atoms with E-state index in [0.717, 1.165) is 81.9 Å². The van der Waals surface area contributed by atoms with E-state index in [1.807, 2.05) is 6.07 Å². The van der Waals surface area contributed by atoms with Crippen molar-refractivity contribution in [1.29, 1.82) is 0 Å². The fourth-order valence-corrected chi connectivity index (χ4v) is 8.96. The van der Waals surface area contributed by atoms with Crippen molar-refractivity contribution in [3.63, 3.8) is 0 Å². The van der Waals surface area contributed by atoms with Gasteiger partial charge >= 0.3 is 0 Å². The number of unbranched alkanes of at least 4 members (excludes halogenated alkanes) is 7. The summed E-state index contributed by atoms with van der Waals surface area (Å²) in [5.74, 6) is 0.00755. The number of phenolic OH excluding ortho intramolecular Hbond substituents is 1. The van der Waals surface area contributed by atoms with Crippen LogP contribution >= 0.6 is 0 Å². The zero-order valence-electron chi connectivity index (χ0n) is 31.7. The fraction of sp³-hybridized carbons (Fsp3) is 0.500. The number of phenols is 1. The number of nitrogen functional groups attached to an aromatic ring is 1. The molecule has 14 heteroatoms. The van der Waals surface area contributed by atoms with E-state index in [1.165, 1.54) is 0 Å². The van der Waals surface area contributed by atoms with Crippen LogP contribution in [-0.4, -0.2) is 74.5 Å². The van der Waals surface area contributed by atoms with Gasteiger partial charge in [0.05, 0.1) is 17.7 Å². The van der Waals surface area contributed by atoms with Crippen molar-refractivity contribution >= 4 is 41.0 Å². The molecule has 5 amide bonds. The molecule has 296 valence electrons. The van der Waals surface area contributed by atoms with Gasteiger partial charge in [-0.15, -0.1) is 10.2 Å². The number of nitrogens with zero attached hydrogens (tertiary/aromatic N) is 3. The maximum absolute atomic E-state index is 13.3. The van der Waals surface area contributed by atoms with Gasteiger partial charge in [0, 0.05) is 42.2 Å². The molecule has 3 aromatic rings. The molecule has 1 saturated heterocycles. The van der Waals surface area contributed by atoms with Gasteiger partial charge in [0.15, 0.2) is 11.6 Å². The summed E-state index contributed by atoms with van der Waals surface area (Å²) in [6.07, 6.45) is 13.0. The normalized spacial score (nSPS) is 22.4. The molecule has 2 aromatic carbocycles. The minimum absolute atomic E-state index is 0.0693. The van der Waals surface area contributed by atoms with Crippen LogP contribution in [0.5, 0.6) is 11.5 Å². The van der Waals surface area contributed by atoms with Gasteiger partial charge in [0.2, 0.25) is 17.7 Å². The highest BCUT2D eigenvalue weighted by molar-refractivity contribution is 6.25. The lowest BCUT2D eigenvalue weighted by molar-refractivity contribution is -0.136. The smallest absolute Gasteiger partial charge is 0.264 e. The van der Waals surface area contributed by atoms with E-state index in [9.17, 15) is 29.1 Å². The molecule has 2 bridgehead atoms. The minimum Gasteiger partial charge on any atom is -0.507 e. The van der Waals surface area contributed by atoms with Crippen molar-refractivity contribution in [2.24, 2.45) is 11.8 Å². The Morgan fingerprint density at radius 3 is 2.41 bits per heavy atom. The van der Waals surface area contributed by atoms with Gasteiger partial charge in [0.1, 0.15) is 17.5 Å². The highest BCUT2D eigenvalue weighted by Gasteiger charge is 2.56. The summed E-state index contributed by atoms with van der Waals surface area (Å²) >= 11 is 0. The summed E-state index contributed by atoms with van der Waals surface area (Å²) in [5.41, 5.74) is 8.17. The lowest BCUT2D eigenvalue weighted by atomic mass is 9.76. The van der Waals surface area contributed by atoms with E-state index in [4.69, 9.17) is 10.5 Å². The predicted octanol–water partition coefficient (Wildman–Crippen LogP) is 5.51. The molecule has 8 rings (SSSR count). The molecule has 2 atom stereocenters. The number of para-hydroxylation sites is 1. The Hall–Kier alpha value is -5.53. The number of carbonyl (C=O) groups is 5. The second-order valence-electron chi connectivity index (χ2n) is 15.8. The maximum atomic E-state index is 13.3. The maximum Gasteiger partial charge on any atom is 0.264 e. The number of aromatic hydroxyl groups is 1. The van der Waals surface area contributed by atoms with Crippen molar-refractivity contribution < 1.29 is 33.8 Å². The Balaban J connectivity index is 0.728. The van der Waals surface area contributed by atoms with Crippen molar-refractivity contribution in [3.8, 4) is 22.8 Å². The van der Waals surface area contributed by atoms with E-state index in [-0.39, 0.29) is 47.0 Å². The second kappa shape index (κ2) is 17.1. The van der Waals surface area contributed by atoms with Gasteiger partial charge in [-0.1, -0.05) is 56.7 Å². The van der Waals surface area contributed by atoms with Gasteiger partial charge in [-0.25, -0.2) is 0 Å². The van der Waals surface area contributed by atoms with Crippen LogP contribution in [0.2, 0.25) is 0 Å². The Bertz CT molecular complexity index is 1980. The topological polar surface area (TPSA) is 206 Å². The minimum atomic E-state index is -0.980. The Morgan fingerprint density at radius 1 is 0.911 bits per heavy atom. The van der Waals surface area contributed by atoms with Crippen molar-refractivity contribution in [1.82, 2.24) is 25.7 Å². The zero-order chi connectivity index (χ0) is 39.2. The molecule has 3 saturated carbocycles. The second-order valence-corrected chi connectivity index (χ2v) is 15.8. The van der Waals surface area contributed by atoms with Crippen molar-refractivity contribution in [2.45, 2.75) is 108 Å². The number of benzene rings is 2. The molecule has 0 spiro atoms. The molecule has 3 heterocycles. The number of anilines is 2. The number of ether oxygens (including phenoxy) is 1. The average Bonchev–Trinajstić information content (AvgIpc) is 3.78. The number of amides is 5. The molecule has 56 heavy (non-hydrogen) atoms. The molecule has 2 unspecified atom stereocenters. The lowest BCUT2D eigenvalue weighted by Gasteiger charge is -2.39. The highest BCUT2D eigenvalue weighted by atomic mass is 16.5. The van der Waals surface area contributed by atoms with Crippen LogP contribution in [0.4, 0.5) is 11.5 Å². The third kappa shape index (κ3) is 8.48. The van der Waals surface area contributed by atoms with Crippen LogP contribution < -0.4 is 26.4 Å². The van der Waals surface area contributed by atoms with Gasteiger partial charge in [0.25, 0.3) is 11.8 Å². The first kappa shape index (κ1) is 38.7. The Morgan fingerprint density at radius 2 is 1.64 bits per heavy atom. The number of imide groups is 2. The van der Waals surface area contributed by atoms with E-state index < -0.39 is 29.7 Å². The Kier molecular flexibility index (Phi) is 11.8. The number of nitrogens with one attached hydrogen (secondary N) is 3. The Labute approximate surface area is 326 Å². The first-order valence-electron chi connectivity index (χ1n) is 20.1. The van der Waals surface area contributed by atoms with E-state index in [0.29, 0.717) is 54.1 Å². The van der Waals surface area contributed by atoms with E-state index >= 15 is 0 Å². The van der Waals surface area contributed by atoms with Crippen LogP contribution in [0.25, 0.3) is 11.3 Å². The van der Waals surface area contributed by atoms with Crippen LogP contribution in [0.15, 0.2) is 48.5 Å². The predicted molar refractivity (Wildman–Crippen MR) is 209 cm³/mol. The summed E-state index contributed by atoms with van der Waals surface area (Å²) in [7, 11) is 0. The third-order valence-electron chi connectivity index (χ3n) is 11.9. The molecule has 0 radical (unpaired) electrons. The van der Waals surface area contributed by atoms with Gasteiger partial charge in [-0.05, 0) is 81.0 Å². The number of nitrogens with two attached hydrogens (primary N) is 1. The first-order chi connectivity index (χ1) is 27.1. The van der Waals surface area contributed by atoms with E-state index in [2.05, 4.69) is 26.1 Å². The molecular weight excluding hydrogens is 715 g/mol. The van der Waals surface area contributed by atoms with Gasteiger partial charge in [-0.2, -0.15) is 0 Å². The largest absolute Gasteiger partial charge is 0.507 e. The number of fused-ring (bicyclic) bond motifs is 2. The summed E-state index contributed by atoms with van der Waals surface area (Å²) in [5, 5.41) is 27.2. The zero-order valence-corrected chi connectivity index (χ0v) is 31.7. The average molecular weight is 766 g/mol. The number of hydrogen-bond donors (Lipinski definition) is 5. The van der Waals surface area contributed by atoms with Crippen LogP contribution in [-0.2, 0) is 14.4 Å². The quantitative estimate of drug-likeness (QED) is 0.0760. The molecule has 5 aliphatic rings. The molecule has 14 nitrogen and oxygen atoms in total. The molecule has 1 aromatic heterocycles. The summed E-state index contributed by atoms with van der Waals surface area (Å²) in [6.45, 7) is 1.15. The molecule has 6 N–H and O–H groups in total. The summed E-state index contributed by atoms with van der Waals surface area (Å²) < 4.78 is 6.02. The SMILES string of the molecule is Nc1nnc(-c2ccccc2O)cc1OCCC1CC2(NC(=O)CCCCCCCCCCNc3cccc4c3C(=O)N(C3CCC(=O)NC3=O)C4=O)CC1C2. The molecule has 3 aliphatic carbocycles. The lowest BCUT2D eigenvalue weighted by Crippen LogP contribution is -2.54. The van der Waals surface area contributed by atoms with Crippen molar-refractivity contribution in [2.75, 3.05) is 24.2 Å². The van der Waals surface area contributed by atoms with Crippen LogP contribution in [0.3, 0.4) is 0 Å². The number of aromatic nitrogens is 2. The first-order valence-corrected chi connectivity index (χ1v) is 20.1. The molecule has 2 aliphatic heterocycles. The highest BCUT2D eigenvalue weighted by Crippen LogP contribution is 2.56. The van der Waals surface area contributed by atoms with E-state index in [1.54, 1.807) is 42.5 Å². The third-order valence-corrected chi connectivity index (χ3v) is 11.9. The number of piperidine rings is 1. The van der Waals surface area contributed by atoms with Crippen molar-refractivity contribution in [3.05, 3.63) is 59.7 Å². The fourth-order valence-electron chi connectivity index (χ4n) is 8.96. The number of rotatable bonds is 19. The number of carbonyl (C=O) groups excluding carboxylic acids is 5. The van der Waals surface area contributed by atoms with Crippen LogP contribution in [0, 0.1) is 11.8 Å². The summed E-state index contributed by atoms with van der Waals surface area (Å²) in [4.78, 5) is 64.1. The summed E-state index contributed by atoms with van der Waals surface area (Å²) in [6, 6.07) is 12.8. The van der Waals surface area contributed by atoms with Crippen LogP contribution in [0.1, 0.15) is 117 Å². The standard InChI is InChI=1S/C42H51N7O7/c43-38-34(22-31(47-48-38)28-12-8-9-15-33(28)50)56-21-19-26-23-42(24-27(26)25-42)46-36(52)16-7-5-3-1-2-4-6-10-20-44-30-14-11-13-29-37(30)41(55)49(40(29)54)32-17-18-35(51)45-39(32)53/h8-9,11-15,22,26-27,32,44,50H,1-7,10,16-21,23-25H2,(H2,43,48)(H,46,52)(H,45,51,53). The monoisotopic (exact) mass is 765 g/mol.